The fourth-order valence-electron chi connectivity index (χ4n) is 3.27. The van der Waals surface area contributed by atoms with Gasteiger partial charge >= 0.3 is 5.97 Å². The molecule has 0 unspecified atom stereocenters. The minimum atomic E-state index is -0.142. The molecule has 0 aromatic heterocycles. The number of rotatable bonds is 6. The van der Waals surface area contributed by atoms with Gasteiger partial charge in [-0.15, -0.1) is 24.0 Å². The molecule has 7 heteroatoms. The van der Waals surface area contributed by atoms with Crippen LogP contribution in [0.1, 0.15) is 30.4 Å². The molecule has 152 valence electrons. The van der Waals surface area contributed by atoms with Crippen molar-refractivity contribution in [1.82, 2.24) is 10.2 Å². The van der Waals surface area contributed by atoms with Crippen LogP contribution in [0, 0.1) is 13.8 Å². The number of anilines is 1. The van der Waals surface area contributed by atoms with Crippen LogP contribution in [0.3, 0.4) is 0 Å². The van der Waals surface area contributed by atoms with Crippen LogP contribution in [-0.4, -0.2) is 63.7 Å². The molecule has 1 aliphatic heterocycles. The predicted molar refractivity (Wildman–Crippen MR) is 122 cm³/mol. The smallest absolute Gasteiger partial charge is 0.305 e. The van der Waals surface area contributed by atoms with Gasteiger partial charge in [-0.3, -0.25) is 9.79 Å². The summed E-state index contributed by atoms with van der Waals surface area (Å²) in [6.45, 7) is 9.08. The number of esters is 1. The van der Waals surface area contributed by atoms with Crippen molar-refractivity contribution in [3.05, 3.63) is 29.3 Å². The number of halogens is 1. The quantitative estimate of drug-likeness (QED) is 0.220. The van der Waals surface area contributed by atoms with E-state index in [1.54, 1.807) is 0 Å². The summed E-state index contributed by atoms with van der Waals surface area (Å²) in [7, 11) is 3.26. The Kier molecular flexibility index (Phi) is 10.5. The lowest BCUT2D eigenvalue weighted by Crippen LogP contribution is -2.52. The normalized spacial score (nSPS) is 14.6. The molecule has 1 saturated heterocycles. The van der Waals surface area contributed by atoms with Crippen LogP contribution in [0.5, 0.6) is 0 Å². The SMILES string of the molecule is CN=C(NCCCCC(=O)OC)N1CCN(c2cccc(C)c2C)CC1.I. The van der Waals surface area contributed by atoms with Gasteiger partial charge in [0.15, 0.2) is 5.96 Å². The summed E-state index contributed by atoms with van der Waals surface area (Å²) in [4.78, 5) is 20.3. The minimum Gasteiger partial charge on any atom is -0.469 e. The van der Waals surface area contributed by atoms with Crippen LogP contribution >= 0.6 is 24.0 Å². The van der Waals surface area contributed by atoms with Gasteiger partial charge in [0.1, 0.15) is 0 Å². The number of nitrogens with one attached hydrogen (secondary N) is 1. The number of unbranched alkanes of at least 4 members (excludes halogenated alkanes) is 1. The lowest BCUT2D eigenvalue weighted by atomic mass is 10.1. The Morgan fingerprint density at radius 2 is 1.89 bits per heavy atom. The zero-order valence-electron chi connectivity index (χ0n) is 17.0. The zero-order chi connectivity index (χ0) is 18.9. The van der Waals surface area contributed by atoms with Crippen molar-refractivity contribution in [2.75, 3.05) is 51.8 Å². The number of ether oxygens (including phenoxy) is 1. The highest BCUT2D eigenvalue weighted by Crippen LogP contribution is 2.23. The highest BCUT2D eigenvalue weighted by atomic mass is 127. The number of carbonyl (C=O) groups is 1. The number of benzene rings is 1. The molecule has 2 rings (SSSR count). The summed E-state index contributed by atoms with van der Waals surface area (Å²) >= 11 is 0. The highest BCUT2D eigenvalue weighted by molar-refractivity contribution is 14.0. The van der Waals surface area contributed by atoms with E-state index in [0.717, 1.165) is 51.5 Å². The molecule has 1 aliphatic rings. The summed E-state index contributed by atoms with van der Waals surface area (Å²) in [5.74, 6) is 0.806. The molecule has 0 radical (unpaired) electrons. The monoisotopic (exact) mass is 488 g/mol. The van der Waals surface area contributed by atoms with Crippen molar-refractivity contribution in [3.8, 4) is 0 Å². The Morgan fingerprint density at radius 1 is 1.19 bits per heavy atom. The van der Waals surface area contributed by atoms with Gasteiger partial charge in [-0.05, 0) is 43.9 Å². The zero-order valence-corrected chi connectivity index (χ0v) is 19.3. The Bertz CT molecular complexity index is 628. The molecule has 1 fully saturated rings. The first kappa shape index (κ1) is 23.5. The molecule has 0 amide bonds. The molecule has 1 N–H and O–H groups in total. The van der Waals surface area contributed by atoms with Crippen molar-refractivity contribution < 1.29 is 9.53 Å². The average Bonchev–Trinajstić information content (AvgIpc) is 2.67. The van der Waals surface area contributed by atoms with Crippen LogP contribution in [0.4, 0.5) is 5.69 Å². The number of guanidine groups is 1. The number of carbonyl (C=O) groups excluding carboxylic acids is 1. The van der Waals surface area contributed by atoms with E-state index in [1.807, 2.05) is 7.05 Å². The molecule has 0 spiro atoms. The Labute approximate surface area is 180 Å². The molecule has 0 atom stereocenters. The predicted octanol–water partition coefficient (Wildman–Crippen LogP) is 2.96. The second kappa shape index (κ2) is 12.0. The van der Waals surface area contributed by atoms with Crippen molar-refractivity contribution in [3.63, 3.8) is 0 Å². The first-order chi connectivity index (χ1) is 12.6. The largest absolute Gasteiger partial charge is 0.469 e. The maximum atomic E-state index is 11.1. The van der Waals surface area contributed by atoms with Crippen LogP contribution < -0.4 is 10.2 Å². The molecule has 1 aromatic carbocycles. The van der Waals surface area contributed by atoms with E-state index in [-0.39, 0.29) is 29.9 Å². The fourth-order valence-corrected chi connectivity index (χ4v) is 3.27. The lowest BCUT2D eigenvalue weighted by molar-refractivity contribution is -0.140. The third kappa shape index (κ3) is 6.86. The molecule has 27 heavy (non-hydrogen) atoms. The highest BCUT2D eigenvalue weighted by Gasteiger charge is 2.20. The number of piperazine rings is 1. The summed E-state index contributed by atoms with van der Waals surface area (Å²) in [5, 5.41) is 3.41. The number of aryl methyl sites for hydroxylation is 1. The molecular weight excluding hydrogens is 455 g/mol. The van der Waals surface area contributed by atoms with Crippen LogP contribution in [0.15, 0.2) is 23.2 Å². The van der Waals surface area contributed by atoms with Gasteiger partial charge in [0.05, 0.1) is 7.11 Å². The second-order valence-electron chi connectivity index (χ2n) is 6.70. The Balaban J connectivity index is 0.00000364. The van der Waals surface area contributed by atoms with Gasteiger partial charge in [0, 0.05) is 51.9 Å². The van der Waals surface area contributed by atoms with Gasteiger partial charge in [-0.2, -0.15) is 0 Å². The topological polar surface area (TPSA) is 57.2 Å². The van der Waals surface area contributed by atoms with E-state index in [0.29, 0.717) is 6.42 Å². The number of nitrogens with zero attached hydrogens (tertiary/aromatic N) is 3. The van der Waals surface area contributed by atoms with E-state index in [1.165, 1.54) is 23.9 Å². The molecule has 1 heterocycles. The van der Waals surface area contributed by atoms with Gasteiger partial charge in [0.2, 0.25) is 0 Å². The molecular formula is C20H33IN4O2. The average molecular weight is 488 g/mol. The van der Waals surface area contributed by atoms with Crippen molar-refractivity contribution in [1.29, 1.82) is 0 Å². The maximum Gasteiger partial charge on any atom is 0.305 e. The van der Waals surface area contributed by atoms with E-state index in [4.69, 9.17) is 0 Å². The minimum absolute atomic E-state index is 0. The van der Waals surface area contributed by atoms with Gasteiger partial charge in [0.25, 0.3) is 0 Å². The number of aliphatic imine (C=N–C) groups is 1. The molecule has 0 bridgehead atoms. The van der Waals surface area contributed by atoms with Crippen molar-refractivity contribution in [2.24, 2.45) is 4.99 Å². The van der Waals surface area contributed by atoms with Crippen molar-refractivity contribution in [2.45, 2.75) is 33.1 Å². The van der Waals surface area contributed by atoms with Gasteiger partial charge < -0.3 is 19.9 Å². The lowest BCUT2D eigenvalue weighted by Gasteiger charge is -2.38. The van der Waals surface area contributed by atoms with Gasteiger partial charge in [-0.1, -0.05) is 12.1 Å². The molecule has 0 saturated carbocycles. The van der Waals surface area contributed by atoms with Crippen LogP contribution in [0.2, 0.25) is 0 Å². The van der Waals surface area contributed by atoms with E-state index < -0.39 is 0 Å². The van der Waals surface area contributed by atoms with Crippen molar-refractivity contribution >= 4 is 41.6 Å². The van der Waals surface area contributed by atoms with E-state index in [2.05, 4.69) is 56.9 Å². The fraction of sp³-hybridized carbons (Fsp3) is 0.600. The van der Waals surface area contributed by atoms with Gasteiger partial charge in [-0.25, -0.2) is 0 Å². The number of hydrogen-bond donors (Lipinski definition) is 1. The summed E-state index contributed by atoms with van der Waals surface area (Å²) < 4.78 is 4.66. The Morgan fingerprint density at radius 3 is 2.52 bits per heavy atom. The summed E-state index contributed by atoms with van der Waals surface area (Å²) in [6.07, 6.45) is 2.24. The summed E-state index contributed by atoms with van der Waals surface area (Å²) in [6, 6.07) is 6.52. The molecule has 1 aromatic rings. The Hall–Kier alpha value is -1.51. The number of hydrogen-bond acceptors (Lipinski definition) is 4. The third-order valence-electron chi connectivity index (χ3n) is 5.03. The van der Waals surface area contributed by atoms with Crippen LogP contribution in [0.25, 0.3) is 0 Å². The first-order valence-corrected chi connectivity index (χ1v) is 9.40. The van der Waals surface area contributed by atoms with E-state index in [9.17, 15) is 4.79 Å². The first-order valence-electron chi connectivity index (χ1n) is 9.40. The second-order valence-corrected chi connectivity index (χ2v) is 6.70. The van der Waals surface area contributed by atoms with Crippen LogP contribution in [-0.2, 0) is 9.53 Å². The maximum absolute atomic E-state index is 11.1. The molecule has 6 nitrogen and oxygen atoms in total. The standard InChI is InChI=1S/C20H32N4O2.HI/c1-16-8-7-9-18(17(16)2)23-12-14-24(15-13-23)20(21-3)22-11-6-5-10-19(25)26-4;/h7-9H,5-6,10-15H2,1-4H3,(H,21,22);1H. The number of methoxy groups -OCH3 is 1. The molecule has 0 aliphatic carbocycles. The van der Waals surface area contributed by atoms with E-state index >= 15 is 0 Å². The summed E-state index contributed by atoms with van der Waals surface area (Å²) in [5.41, 5.74) is 4.05. The third-order valence-corrected chi connectivity index (χ3v) is 5.03.